The minimum atomic E-state index is -0.291. The van der Waals surface area contributed by atoms with Gasteiger partial charge in [0.1, 0.15) is 0 Å². The lowest BCUT2D eigenvalue weighted by molar-refractivity contribution is -0.139. The van der Waals surface area contributed by atoms with Crippen LogP contribution < -0.4 is 0 Å². The van der Waals surface area contributed by atoms with Crippen molar-refractivity contribution >= 4 is 5.97 Å². The summed E-state index contributed by atoms with van der Waals surface area (Å²) in [7, 11) is 0. The molecule has 0 radical (unpaired) electrons. The second kappa shape index (κ2) is 3.80. The van der Waals surface area contributed by atoms with E-state index in [0.29, 0.717) is 6.61 Å². The normalized spacial score (nSPS) is 26.2. The van der Waals surface area contributed by atoms with E-state index >= 15 is 0 Å². The van der Waals surface area contributed by atoms with Crippen molar-refractivity contribution in [2.45, 2.75) is 5.92 Å². The molecule has 1 aromatic carbocycles. The molecule has 3 nitrogen and oxygen atoms in total. The Morgan fingerprint density at radius 3 is 2.71 bits per heavy atom. The van der Waals surface area contributed by atoms with Gasteiger partial charge in [-0.2, -0.15) is 0 Å². The molecule has 0 amide bonds. The summed E-state index contributed by atoms with van der Waals surface area (Å²) < 4.78 is 4.92. The van der Waals surface area contributed by atoms with E-state index in [0.717, 1.165) is 5.56 Å². The zero-order valence-corrected chi connectivity index (χ0v) is 7.72. The molecule has 1 aromatic rings. The molecule has 1 N–H and O–H groups in total. The molecule has 3 heteroatoms. The van der Waals surface area contributed by atoms with Gasteiger partial charge in [-0.05, 0) is 5.56 Å². The standard InChI is InChI=1S/C11H12O3/c12-6-9-7-14-11(13)10(9)8-4-2-1-3-5-8/h1-5,9-10,12H,6-7H2/t9-,10+/m0/s1. The highest BCUT2D eigenvalue weighted by Gasteiger charge is 2.37. The van der Waals surface area contributed by atoms with Crippen molar-refractivity contribution in [2.24, 2.45) is 5.92 Å². The summed E-state index contributed by atoms with van der Waals surface area (Å²) in [6.07, 6.45) is 0. The van der Waals surface area contributed by atoms with Gasteiger partial charge in [-0.25, -0.2) is 0 Å². The average Bonchev–Trinajstić information content (AvgIpc) is 2.61. The van der Waals surface area contributed by atoms with Crippen molar-refractivity contribution in [2.75, 3.05) is 13.2 Å². The first-order chi connectivity index (χ1) is 6.83. The molecule has 2 rings (SSSR count). The number of rotatable bonds is 2. The SMILES string of the molecule is O=C1OC[C@H](CO)[C@H]1c1ccccc1. The van der Waals surface area contributed by atoms with Gasteiger partial charge in [0, 0.05) is 5.92 Å². The second-order valence-corrected chi connectivity index (χ2v) is 3.46. The number of esters is 1. The molecule has 1 heterocycles. The minimum absolute atomic E-state index is 0.00863. The second-order valence-electron chi connectivity index (χ2n) is 3.46. The summed E-state index contributed by atoms with van der Waals surface area (Å²) >= 11 is 0. The third-order valence-electron chi connectivity index (χ3n) is 2.56. The van der Waals surface area contributed by atoms with Crippen molar-refractivity contribution in [3.63, 3.8) is 0 Å². The Labute approximate surface area is 82.3 Å². The third-order valence-corrected chi connectivity index (χ3v) is 2.56. The van der Waals surface area contributed by atoms with E-state index in [1.165, 1.54) is 0 Å². The smallest absolute Gasteiger partial charge is 0.313 e. The van der Waals surface area contributed by atoms with Gasteiger partial charge in [0.2, 0.25) is 0 Å². The highest BCUT2D eigenvalue weighted by atomic mass is 16.5. The zero-order valence-electron chi connectivity index (χ0n) is 7.72. The van der Waals surface area contributed by atoms with Gasteiger partial charge in [-0.15, -0.1) is 0 Å². The average molecular weight is 192 g/mol. The molecule has 0 aromatic heterocycles. The van der Waals surface area contributed by atoms with Crippen molar-refractivity contribution in [3.05, 3.63) is 35.9 Å². The highest BCUT2D eigenvalue weighted by Crippen LogP contribution is 2.31. The molecule has 1 aliphatic heterocycles. The van der Waals surface area contributed by atoms with Gasteiger partial charge < -0.3 is 9.84 Å². The van der Waals surface area contributed by atoms with Crippen LogP contribution in [-0.2, 0) is 9.53 Å². The van der Waals surface area contributed by atoms with Crippen LogP contribution in [0.25, 0.3) is 0 Å². The van der Waals surface area contributed by atoms with Crippen LogP contribution in [0.4, 0.5) is 0 Å². The first kappa shape index (κ1) is 9.21. The predicted octanol–water partition coefficient (Wildman–Crippen LogP) is 0.935. The van der Waals surface area contributed by atoms with Crippen LogP contribution in [0.15, 0.2) is 30.3 Å². The number of carbonyl (C=O) groups is 1. The minimum Gasteiger partial charge on any atom is -0.465 e. The van der Waals surface area contributed by atoms with Gasteiger partial charge in [-0.1, -0.05) is 30.3 Å². The van der Waals surface area contributed by atoms with Crippen LogP contribution in [0.3, 0.4) is 0 Å². The summed E-state index contributed by atoms with van der Waals surface area (Å²) in [5.74, 6) is -0.610. The van der Waals surface area contributed by atoms with Gasteiger partial charge in [0.15, 0.2) is 0 Å². The van der Waals surface area contributed by atoms with Crippen LogP contribution in [-0.4, -0.2) is 24.3 Å². The number of ether oxygens (including phenoxy) is 1. The van der Waals surface area contributed by atoms with E-state index in [9.17, 15) is 4.79 Å². The van der Waals surface area contributed by atoms with Gasteiger partial charge in [0.25, 0.3) is 0 Å². The maximum Gasteiger partial charge on any atom is 0.313 e. The molecular weight excluding hydrogens is 180 g/mol. The summed E-state index contributed by atoms with van der Waals surface area (Å²) in [5.41, 5.74) is 0.925. The molecule has 1 fully saturated rings. The van der Waals surface area contributed by atoms with Crippen LogP contribution in [0.2, 0.25) is 0 Å². The molecular formula is C11H12O3. The van der Waals surface area contributed by atoms with Crippen molar-refractivity contribution in [1.82, 2.24) is 0 Å². The van der Waals surface area contributed by atoms with E-state index in [2.05, 4.69) is 0 Å². The Balaban J connectivity index is 2.28. The molecule has 1 saturated heterocycles. The summed E-state index contributed by atoms with van der Waals surface area (Å²) in [5, 5.41) is 9.08. The topological polar surface area (TPSA) is 46.5 Å². The van der Waals surface area contributed by atoms with Crippen LogP contribution in [0, 0.1) is 5.92 Å². The number of hydrogen-bond acceptors (Lipinski definition) is 3. The van der Waals surface area contributed by atoms with Gasteiger partial charge >= 0.3 is 5.97 Å². The summed E-state index contributed by atoms with van der Waals surface area (Å²) in [6.45, 7) is 0.320. The highest BCUT2D eigenvalue weighted by molar-refractivity contribution is 5.80. The maximum absolute atomic E-state index is 11.4. The van der Waals surface area contributed by atoms with Gasteiger partial charge in [-0.3, -0.25) is 4.79 Å². The fraction of sp³-hybridized carbons (Fsp3) is 0.364. The molecule has 14 heavy (non-hydrogen) atoms. The van der Waals surface area contributed by atoms with Crippen LogP contribution in [0.5, 0.6) is 0 Å². The Hall–Kier alpha value is -1.35. The molecule has 2 atom stereocenters. The number of aliphatic hydroxyl groups excluding tert-OH is 1. The number of aliphatic hydroxyl groups is 1. The van der Waals surface area contributed by atoms with Crippen LogP contribution >= 0.6 is 0 Å². The summed E-state index contributed by atoms with van der Waals surface area (Å²) in [4.78, 5) is 11.4. The first-order valence-corrected chi connectivity index (χ1v) is 4.65. The predicted molar refractivity (Wildman–Crippen MR) is 50.7 cm³/mol. The van der Waals surface area contributed by atoms with E-state index in [1.54, 1.807) is 0 Å². The van der Waals surface area contributed by atoms with E-state index in [1.807, 2.05) is 30.3 Å². The molecule has 0 aliphatic carbocycles. The largest absolute Gasteiger partial charge is 0.465 e. The molecule has 1 aliphatic rings. The summed E-state index contributed by atoms with van der Waals surface area (Å²) in [6, 6.07) is 9.45. The first-order valence-electron chi connectivity index (χ1n) is 4.65. The third kappa shape index (κ3) is 1.51. The monoisotopic (exact) mass is 192 g/mol. The Morgan fingerprint density at radius 1 is 1.36 bits per heavy atom. The van der Waals surface area contributed by atoms with Gasteiger partial charge in [0.05, 0.1) is 19.1 Å². The van der Waals surface area contributed by atoms with E-state index in [-0.39, 0.29) is 24.4 Å². The fourth-order valence-electron chi connectivity index (χ4n) is 1.79. The zero-order chi connectivity index (χ0) is 9.97. The van der Waals surface area contributed by atoms with E-state index < -0.39 is 0 Å². The maximum atomic E-state index is 11.4. The number of carbonyl (C=O) groups excluding carboxylic acids is 1. The van der Waals surface area contributed by atoms with Crippen molar-refractivity contribution in [1.29, 1.82) is 0 Å². The lowest BCUT2D eigenvalue weighted by atomic mass is 9.89. The number of benzene rings is 1. The molecule has 0 saturated carbocycles. The quantitative estimate of drug-likeness (QED) is 0.709. The Bertz CT molecular complexity index is 321. The lowest BCUT2D eigenvalue weighted by Crippen LogP contribution is -2.16. The van der Waals surface area contributed by atoms with Crippen molar-refractivity contribution < 1.29 is 14.6 Å². The Kier molecular flexibility index (Phi) is 2.50. The van der Waals surface area contributed by atoms with Crippen LogP contribution in [0.1, 0.15) is 11.5 Å². The lowest BCUT2D eigenvalue weighted by Gasteiger charge is -2.12. The molecule has 74 valence electrons. The van der Waals surface area contributed by atoms with Crippen molar-refractivity contribution in [3.8, 4) is 0 Å². The number of cyclic esters (lactones) is 1. The molecule has 0 unspecified atom stereocenters. The van der Waals surface area contributed by atoms with E-state index in [4.69, 9.17) is 9.84 Å². The molecule has 0 bridgehead atoms. The Morgan fingerprint density at radius 2 is 2.07 bits per heavy atom. The number of hydrogen-bond donors (Lipinski definition) is 1. The fourth-order valence-corrected chi connectivity index (χ4v) is 1.79. The molecule has 0 spiro atoms.